The molecule has 0 unspecified atom stereocenters. The van der Waals surface area contributed by atoms with Crippen LogP contribution in [0.4, 0.5) is 0 Å². The lowest BCUT2D eigenvalue weighted by molar-refractivity contribution is -0.137. The summed E-state index contributed by atoms with van der Waals surface area (Å²) in [4.78, 5) is 22.0. The first-order chi connectivity index (χ1) is 9.59. The van der Waals surface area contributed by atoms with Gasteiger partial charge in [0.05, 0.1) is 0 Å². The van der Waals surface area contributed by atoms with Crippen molar-refractivity contribution in [3.05, 3.63) is 34.3 Å². The Morgan fingerprint density at radius 3 is 2.55 bits per heavy atom. The summed E-state index contributed by atoms with van der Waals surface area (Å²) < 4.78 is 1.03. The average Bonchev–Trinajstić information content (AvgIpc) is 2.41. The zero-order valence-electron chi connectivity index (χ0n) is 11.4. The highest BCUT2D eigenvalue weighted by Crippen LogP contribution is 2.17. The number of unbranched alkanes of at least 4 members (excludes halogenated alkanes) is 2. The van der Waals surface area contributed by atoms with Gasteiger partial charge in [0.15, 0.2) is 0 Å². The molecule has 0 aromatic heterocycles. The predicted molar refractivity (Wildman–Crippen MR) is 81.6 cm³/mol. The number of carboxylic acid groups (broad SMARTS) is 1. The fourth-order valence-electron chi connectivity index (χ4n) is 1.84. The van der Waals surface area contributed by atoms with E-state index in [1.165, 1.54) is 0 Å². The Kier molecular flexibility index (Phi) is 7.95. The summed E-state index contributed by atoms with van der Waals surface area (Å²) in [6.07, 6.45) is 3.72. The van der Waals surface area contributed by atoms with Crippen molar-refractivity contribution in [2.45, 2.75) is 38.5 Å². The van der Waals surface area contributed by atoms with Crippen molar-refractivity contribution in [3.63, 3.8) is 0 Å². The molecule has 110 valence electrons. The molecule has 0 bridgehead atoms. The summed E-state index contributed by atoms with van der Waals surface area (Å²) in [7, 11) is 0. The monoisotopic (exact) mass is 341 g/mol. The SMILES string of the molecule is O=C(O)CCCCCNC(=O)CCc1ccccc1Br. The number of hydrogen-bond donors (Lipinski definition) is 2. The molecule has 0 radical (unpaired) electrons. The van der Waals surface area contributed by atoms with E-state index in [2.05, 4.69) is 21.2 Å². The van der Waals surface area contributed by atoms with E-state index >= 15 is 0 Å². The molecule has 20 heavy (non-hydrogen) atoms. The Labute approximate surface area is 127 Å². The van der Waals surface area contributed by atoms with Gasteiger partial charge < -0.3 is 10.4 Å². The van der Waals surface area contributed by atoms with Crippen LogP contribution in [0.15, 0.2) is 28.7 Å². The van der Waals surface area contributed by atoms with Gasteiger partial charge in [-0.15, -0.1) is 0 Å². The molecular weight excluding hydrogens is 322 g/mol. The molecule has 0 aliphatic heterocycles. The highest BCUT2D eigenvalue weighted by Gasteiger charge is 2.04. The van der Waals surface area contributed by atoms with Crippen LogP contribution in [0.2, 0.25) is 0 Å². The van der Waals surface area contributed by atoms with Gasteiger partial charge >= 0.3 is 5.97 Å². The molecule has 0 spiro atoms. The van der Waals surface area contributed by atoms with Gasteiger partial charge in [0.25, 0.3) is 0 Å². The molecule has 1 rings (SSSR count). The number of nitrogens with one attached hydrogen (secondary N) is 1. The molecule has 0 saturated heterocycles. The minimum Gasteiger partial charge on any atom is -0.481 e. The van der Waals surface area contributed by atoms with Crippen molar-refractivity contribution in [1.82, 2.24) is 5.32 Å². The van der Waals surface area contributed by atoms with E-state index in [4.69, 9.17) is 5.11 Å². The van der Waals surface area contributed by atoms with E-state index in [1.807, 2.05) is 24.3 Å². The summed E-state index contributed by atoms with van der Waals surface area (Å²) in [6.45, 7) is 0.619. The van der Waals surface area contributed by atoms with E-state index in [-0.39, 0.29) is 12.3 Å². The van der Waals surface area contributed by atoms with Crippen LogP contribution in [-0.4, -0.2) is 23.5 Å². The largest absolute Gasteiger partial charge is 0.481 e. The molecule has 1 aromatic carbocycles. The van der Waals surface area contributed by atoms with Crippen molar-refractivity contribution in [3.8, 4) is 0 Å². The molecule has 1 aromatic rings. The van der Waals surface area contributed by atoms with E-state index < -0.39 is 5.97 Å². The van der Waals surface area contributed by atoms with Crippen LogP contribution < -0.4 is 5.32 Å². The van der Waals surface area contributed by atoms with Gasteiger partial charge in [-0.1, -0.05) is 40.5 Å². The van der Waals surface area contributed by atoms with Crippen LogP contribution in [0, 0.1) is 0 Å². The van der Waals surface area contributed by atoms with E-state index in [0.29, 0.717) is 25.8 Å². The second kappa shape index (κ2) is 9.53. The third kappa shape index (κ3) is 7.28. The molecule has 0 atom stereocenters. The van der Waals surface area contributed by atoms with Crippen molar-refractivity contribution < 1.29 is 14.7 Å². The fourth-order valence-corrected chi connectivity index (χ4v) is 2.33. The van der Waals surface area contributed by atoms with E-state index in [0.717, 1.165) is 22.9 Å². The van der Waals surface area contributed by atoms with Gasteiger partial charge in [-0.3, -0.25) is 9.59 Å². The highest BCUT2D eigenvalue weighted by atomic mass is 79.9. The molecule has 1 amide bonds. The summed E-state index contributed by atoms with van der Waals surface area (Å²) in [6, 6.07) is 7.88. The molecule has 0 saturated carbocycles. The highest BCUT2D eigenvalue weighted by molar-refractivity contribution is 9.10. The van der Waals surface area contributed by atoms with Crippen molar-refractivity contribution in [1.29, 1.82) is 0 Å². The lowest BCUT2D eigenvalue weighted by atomic mass is 10.1. The molecular formula is C15H20BrNO3. The smallest absolute Gasteiger partial charge is 0.303 e. The van der Waals surface area contributed by atoms with E-state index in [9.17, 15) is 9.59 Å². The lowest BCUT2D eigenvalue weighted by Crippen LogP contribution is -2.24. The Hall–Kier alpha value is -1.36. The second-order valence-electron chi connectivity index (χ2n) is 4.65. The Bertz CT molecular complexity index is 448. The molecule has 0 fully saturated rings. The minimum atomic E-state index is -0.762. The third-order valence-electron chi connectivity index (χ3n) is 2.97. The molecule has 0 heterocycles. The number of aryl methyl sites for hydroxylation is 1. The molecule has 4 nitrogen and oxygen atoms in total. The number of carboxylic acids is 1. The molecule has 0 aliphatic rings. The van der Waals surface area contributed by atoms with Crippen molar-refractivity contribution in [2.75, 3.05) is 6.54 Å². The van der Waals surface area contributed by atoms with Gasteiger partial charge in [0, 0.05) is 23.9 Å². The number of rotatable bonds is 9. The standard InChI is InChI=1S/C15H20BrNO3/c16-13-7-4-3-6-12(13)9-10-14(18)17-11-5-1-2-8-15(19)20/h3-4,6-7H,1-2,5,8-11H2,(H,17,18)(H,19,20). The van der Waals surface area contributed by atoms with Crippen LogP contribution in [0.25, 0.3) is 0 Å². The summed E-state index contributed by atoms with van der Waals surface area (Å²) in [5.41, 5.74) is 1.13. The molecule has 0 aliphatic carbocycles. The van der Waals surface area contributed by atoms with Gasteiger partial charge in [-0.2, -0.15) is 0 Å². The zero-order chi connectivity index (χ0) is 14.8. The van der Waals surface area contributed by atoms with Gasteiger partial charge in [-0.05, 0) is 30.9 Å². The van der Waals surface area contributed by atoms with Crippen LogP contribution in [-0.2, 0) is 16.0 Å². The second-order valence-corrected chi connectivity index (χ2v) is 5.50. The first-order valence-electron chi connectivity index (χ1n) is 6.81. The number of aliphatic carboxylic acids is 1. The Morgan fingerprint density at radius 1 is 1.10 bits per heavy atom. The quantitative estimate of drug-likeness (QED) is 0.678. The first-order valence-corrected chi connectivity index (χ1v) is 7.61. The van der Waals surface area contributed by atoms with Crippen molar-refractivity contribution in [2.24, 2.45) is 0 Å². The van der Waals surface area contributed by atoms with Gasteiger partial charge in [-0.25, -0.2) is 0 Å². The van der Waals surface area contributed by atoms with Crippen LogP contribution in [0.5, 0.6) is 0 Å². The number of carbonyl (C=O) groups excluding carboxylic acids is 1. The van der Waals surface area contributed by atoms with Gasteiger partial charge in [0.2, 0.25) is 5.91 Å². The first kappa shape index (κ1) is 16.7. The van der Waals surface area contributed by atoms with Crippen LogP contribution in [0.3, 0.4) is 0 Å². The Balaban J connectivity index is 2.09. The maximum absolute atomic E-state index is 11.6. The minimum absolute atomic E-state index is 0.0407. The van der Waals surface area contributed by atoms with Crippen LogP contribution in [0.1, 0.15) is 37.7 Å². The number of benzene rings is 1. The van der Waals surface area contributed by atoms with E-state index in [1.54, 1.807) is 0 Å². The average molecular weight is 342 g/mol. The number of carbonyl (C=O) groups is 2. The topological polar surface area (TPSA) is 66.4 Å². The van der Waals surface area contributed by atoms with Crippen LogP contribution >= 0.6 is 15.9 Å². The Morgan fingerprint density at radius 2 is 1.85 bits per heavy atom. The molecule has 2 N–H and O–H groups in total. The normalized spacial score (nSPS) is 10.2. The summed E-state index contributed by atoms with van der Waals surface area (Å²) in [5.74, 6) is -0.721. The lowest BCUT2D eigenvalue weighted by Gasteiger charge is -2.06. The van der Waals surface area contributed by atoms with Gasteiger partial charge in [0.1, 0.15) is 0 Å². The molecule has 5 heteroatoms. The van der Waals surface area contributed by atoms with Crippen molar-refractivity contribution >= 4 is 27.8 Å². The summed E-state index contributed by atoms with van der Waals surface area (Å²) in [5, 5.41) is 11.3. The number of hydrogen-bond acceptors (Lipinski definition) is 2. The number of halogens is 1. The maximum atomic E-state index is 11.6. The maximum Gasteiger partial charge on any atom is 0.303 e. The third-order valence-corrected chi connectivity index (χ3v) is 3.74. The zero-order valence-corrected chi connectivity index (χ0v) is 13.0. The number of amides is 1. The fraction of sp³-hybridized carbons (Fsp3) is 0.467. The predicted octanol–water partition coefficient (Wildman–Crippen LogP) is 3.14. The summed E-state index contributed by atoms with van der Waals surface area (Å²) >= 11 is 3.46.